The molecule has 0 aliphatic carbocycles. The molecular weight excluding hydrogens is 258 g/mol. The second-order valence-corrected chi connectivity index (χ2v) is 4.90. The predicted octanol–water partition coefficient (Wildman–Crippen LogP) is 1.96. The molecule has 0 unspecified atom stereocenters. The number of esters is 1. The first-order valence-corrected chi connectivity index (χ1v) is 6.67. The molecule has 1 rings (SSSR count). The molecule has 0 bridgehead atoms. The summed E-state index contributed by atoms with van der Waals surface area (Å²) >= 11 is 0. The first kappa shape index (κ1) is 16.2. The minimum Gasteiger partial charge on any atom is -0.481 e. The van der Waals surface area contributed by atoms with E-state index in [1.807, 2.05) is 44.2 Å². The number of ether oxygens (including phenoxy) is 1. The number of benzene rings is 1. The highest BCUT2D eigenvalue weighted by Gasteiger charge is 2.21. The van der Waals surface area contributed by atoms with Gasteiger partial charge in [-0.3, -0.25) is 9.59 Å². The van der Waals surface area contributed by atoms with Crippen molar-refractivity contribution in [3.8, 4) is 0 Å². The molecule has 1 aromatic carbocycles. The average Bonchev–Trinajstić information content (AvgIpc) is 2.41. The predicted molar refractivity (Wildman–Crippen MR) is 75.2 cm³/mol. The van der Waals surface area contributed by atoms with Gasteiger partial charge in [-0.25, -0.2) is 0 Å². The average molecular weight is 279 g/mol. The van der Waals surface area contributed by atoms with Crippen LogP contribution in [0.3, 0.4) is 0 Å². The molecule has 2 N–H and O–H groups in total. The van der Waals surface area contributed by atoms with Crippen molar-refractivity contribution in [3.05, 3.63) is 35.9 Å². The van der Waals surface area contributed by atoms with Gasteiger partial charge in [-0.05, 0) is 12.0 Å². The Hall–Kier alpha value is -1.88. The van der Waals surface area contributed by atoms with E-state index in [2.05, 4.69) is 5.32 Å². The first-order valence-electron chi connectivity index (χ1n) is 6.67. The van der Waals surface area contributed by atoms with Gasteiger partial charge in [0.05, 0.1) is 0 Å². The van der Waals surface area contributed by atoms with Gasteiger partial charge in [0.2, 0.25) is 0 Å². The normalized spacial score (nSPS) is 12.2. The summed E-state index contributed by atoms with van der Waals surface area (Å²) in [4.78, 5) is 22.6. The number of carboxylic acids is 1. The topological polar surface area (TPSA) is 75.6 Å². The summed E-state index contributed by atoms with van der Waals surface area (Å²) in [6.07, 6.45) is 0.159. The minimum absolute atomic E-state index is 0.0647. The summed E-state index contributed by atoms with van der Waals surface area (Å²) in [5.41, 5.74) is 0.905. The largest absolute Gasteiger partial charge is 0.481 e. The summed E-state index contributed by atoms with van der Waals surface area (Å²) in [5, 5.41) is 11.7. The quantitative estimate of drug-likeness (QED) is 0.711. The second-order valence-electron chi connectivity index (χ2n) is 4.90. The van der Waals surface area contributed by atoms with Gasteiger partial charge in [-0.15, -0.1) is 0 Å². The number of aliphatic carboxylic acids is 1. The maximum atomic E-state index is 12.0. The fourth-order valence-electron chi connectivity index (χ4n) is 1.77. The van der Waals surface area contributed by atoms with Crippen LogP contribution in [0.5, 0.6) is 0 Å². The van der Waals surface area contributed by atoms with Crippen LogP contribution in [0.15, 0.2) is 30.3 Å². The smallest absolute Gasteiger partial charge is 0.323 e. The molecule has 0 saturated carbocycles. The van der Waals surface area contributed by atoms with Crippen LogP contribution < -0.4 is 5.32 Å². The summed E-state index contributed by atoms with van der Waals surface area (Å²) in [7, 11) is 0. The molecule has 0 saturated heterocycles. The maximum absolute atomic E-state index is 12.0. The van der Waals surface area contributed by atoms with Crippen LogP contribution in [-0.4, -0.2) is 29.1 Å². The molecule has 1 aromatic rings. The summed E-state index contributed by atoms with van der Waals surface area (Å²) in [6.45, 7) is 4.00. The Balaban J connectivity index is 2.51. The van der Waals surface area contributed by atoms with Gasteiger partial charge in [0.25, 0.3) is 0 Å². The molecule has 0 radical (unpaired) electrons. The van der Waals surface area contributed by atoms with Crippen molar-refractivity contribution in [3.63, 3.8) is 0 Å². The van der Waals surface area contributed by atoms with Crippen molar-refractivity contribution in [1.82, 2.24) is 5.32 Å². The first-order chi connectivity index (χ1) is 9.49. The Morgan fingerprint density at radius 3 is 2.45 bits per heavy atom. The van der Waals surface area contributed by atoms with Gasteiger partial charge < -0.3 is 15.2 Å². The van der Waals surface area contributed by atoms with Crippen molar-refractivity contribution in [1.29, 1.82) is 0 Å². The van der Waals surface area contributed by atoms with Gasteiger partial charge in [-0.1, -0.05) is 44.2 Å². The van der Waals surface area contributed by atoms with Crippen LogP contribution >= 0.6 is 0 Å². The molecule has 0 fully saturated rings. The lowest BCUT2D eigenvalue weighted by Crippen LogP contribution is -2.42. The Labute approximate surface area is 118 Å². The van der Waals surface area contributed by atoms with E-state index in [1.54, 1.807) is 0 Å². The minimum atomic E-state index is -0.920. The fraction of sp³-hybridized carbons (Fsp3) is 0.467. The van der Waals surface area contributed by atoms with Crippen LogP contribution in [-0.2, 0) is 20.9 Å². The van der Waals surface area contributed by atoms with Crippen LogP contribution in [0.1, 0.15) is 32.3 Å². The van der Waals surface area contributed by atoms with E-state index in [9.17, 15) is 9.59 Å². The van der Waals surface area contributed by atoms with Crippen molar-refractivity contribution in [2.45, 2.75) is 45.4 Å². The Kier molecular flexibility index (Phi) is 6.73. The van der Waals surface area contributed by atoms with Gasteiger partial charge >= 0.3 is 11.9 Å². The number of rotatable bonds is 8. The second kappa shape index (κ2) is 8.32. The molecule has 0 aromatic heterocycles. The third-order valence-corrected chi connectivity index (χ3v) is 2.69. The highest BCUT2D eigenvalue weighted by Crippen LogP contribution is 2.06. The van der Waals surface area contributed by atoms with E-state index in [-0.39, 0.29) is 25.5 Å². The highest BCUT2D eigenvalue weighted by molar-refractivity contribution is 5.77. The van der Waals surface area contributed by atoms with Crippen molar-refractivity contribution in [2.24, 2.45) is 0 Å². The Morgan fingerprint density at radius 2 is 1.90 bits per heavy atom. The van der Waals surface area contributed by atoms with Crippen LogP contribution in [0.2, 0.25) is 0 Å². The molecule has 0 aliphatic heterocycles. The van der Waals surface area contributed by atoms with E-state index in [0.717, 1.165) is 5.56 Å². The molecular formula is C15H21NO4. The molecule has 5 nitrogen and oxygen atoms in total. The van der Waals surface area contributed by atoms with E-state index >= 15 is 0 Å². The Bertz CT molecular complexity index is 431. The molecule has 0 amide bonds. The number of carbonyl (C=O) groups excluding carboxylic acids is 1. The lowest BCUT2D eigenvalue weighted by atomic mass is 10.1. The third kappa shape index (κ3) is 6.33. The molecule has 20 heavy (non-hydrogen) atoms. The fourth-order valence-corrected chi connectivity index (χ4v) is 1.77. The van der Waals surface area contributed by atoms with Crippen LogP contribution in [0.25, 0.3) is 0 Å². The van der Waals surface area contributed by atoms with E-state index in [0.29, 0.717) is 0 Å². The monoisotopic (exact) mass is 279 g/mol. The zero-order chi connectivity index (χ0) is 15.0. The SMILES string of the molecule is CC(C)N[C@@H](CCC(=O)O)C(=O)OCc1ccccc1. The maximum Gasteiger partial charge on any atom is 0.323 e. The molecule has 5 heteroatoms. The number of nitrogens with one attached hydrogen (secondary N) is 1. The van der Waals surface area contributed by atoms with Crippen LogP contribution in [0.4, 0.5) is 0 Å². The Morgan fingerprint density at radius 1 is 1.25 bits per heavy atom. The number of hydrogen-bond donors (Lipinski definition) is 2. The van der Waals surface area contributed by atoms with Crippen LogP contribution in [0, 0.1) is 0 Å². The highest BCUT2D eigenvalue weighted by atomic mass is 16.5. The molecule has 0 heterocycles. The van der Waals surface area contributed by atoms with Gasteiger partial charge in [-0.2, -0.15) is 0 Å². The van der Waals surface area contributed by atoms with Crippen molar-refractivity contribution < 1.29 is 19.4 Å². The van der Waals surface area contributed by atoms with E-state index < -0.39 is 18.0 Å². The number of carboxylic acid groups (broad SMARTS) is 1. The lowest BCUT2D eigenvalue weighted by Gasteiger charge is -2.19. The molecule has 1 atom stereocenters. The van der Waals surface area contributed by atoms with E-state index in [1.165, 1.54) is 0 Å². The standard InChI is InChI=1S/C15H21NO4/c1-11(2)16-13(8-9-14(17)18)15(19)20-10-12-6-4-3-5-7-12/h3-7,11,13,16H,8-10H2,1-2H3,(H,17,18)/t13-/m0/s1. The molecule has 0 aliphatic rings. The van der Waals surface area contributed by atoms with Gasteiger partial charge in [0.15, 0.2) is 0 Å². The summed E-state index contributed by atoms with van der Waals surface area (Å²) in [5.74, 6) is -1.33. The van der Waals surface area contributed by atoms with Crippen molar-refractivity contribution in [2.75, 3.05) is 0 Å². The lowest BCUT2D eigenvalue weighted by molar-refractivity contribution is -0.148. The third-order valence-electron chi connectivity index (χ3n) is 2.69. The van der Waals surface area contributed by atoms with Gasteiger partial charge in [0, 0.05) is 12.5 Å². The number of hydrogen-bond acceptors (Lipinski definition) is 4. The van der Waals surface area contributed by atoms with Crippen molar-refractivity contribution >= 4 is 11.9 Å². The van der Waals surface area contributed by atoms with E-state index in [4.69, 9.17) is 9.84 Å². The zero-order valence-corrected chi connectivity index (χ0v) is 11.8. The molecule has 0 spiro atoms. The molecule has 110 valence electrons. The number of carbonyl (C=O) groups is 2. The zero-order valence-electron chi connectivity index (χ0n) is 11.8. The van der Waals surface area contributed by atoms with Gasteiger partial charge in [0.1, 0.15) is 12.6 Å². The summed E-state index contributed by atoms with van der Waals surface area (Å²) in [6, 6.07) is 8.87. The summed E-state index contributed by atoms with van der Waals surface area (Å²) < 4.78 is 5.23.